The molecule has 1 aliphatic carbocycles. The third kappa shape index (κ3) is 2.94. The zero-order chi connectivity index (χ0) is 20.0. The number of carbonyl (C=O) groups is 2. The number of hydrogen-bond acceptors (Lipinski definition) is 6. The Bertz CT molecular complexity index is 1070. The van der Waals surface area contributed by atoms with E-state index >= 15 is 0 Å². The molecule has 29 heavy (non-hydrogen) atoms. The number of nitrogens with one attached hydrogen (secondary N) is 1. The Hall–Kier alpha value is -3.32. The van der Waals surface area contributed by atoms with Crippen LogP contribution in [0, 0.1) is 0 Å². The van der Waals surface area contributed by atoms with Crippen LogP contribution in [0.3, 0.4) is 0 Å². The Morgan fingerprint density at radius 3 is 2.62 bits per heavy atom. The lowest BCUT2D eigenvalue weighted by molar-refractivity contribution is -0.114. The fourth-order valence-corrected chi connectivity index (χ4v) is 4.15. The van der Waals surface area contributed by atoms with Crippen LogP contribution in [-0.4, -0.2) is 38.0 Å². The summed E-state index contributed by atoms with van der Waals surface area (Å²) < 4.78 is 5.41. The van der Waals surface area contributed by atoms with Gasteiger partial charge in [0, 0.05) is 31.3 Å². The Labute approximate surface area is 168 Å². The Morgan fingerprint density at radius 1 is 1.14 bits per heavy atom. The Kier molecular flexibility index (Phi) is 4.24. The molecule has 0 aromatic heterocycles. The fraction of sp³-hybridized carbons (Fsp3) is 0.273. The van der Waals surface area contributed by atoms with E-state index in [1.54, 1.807) is 6.07 Å². The average Bonchev–Trinajstić information content (AvgIpc) is 3.29. The first-order valence-electron chi connectivity index (χ1n) is 9.67. The van der Waals surface area contributed by atoms with Gasteiger partial charge in [-0.05, 0) is 23.8 Å². The molecule has 1 amide bonds. The SMILES string of the molecule is CC(=O)Nc1cccc2c1C(=O)C1=C(c3ccc(N4CCOCC4)cc3)N=NC12. The van der Waals surface area contributed by atoms with Gasteiger partial charge in [-0.15, -0.1) is 0 Å². The maximum absolute atomic E-state index is 13.2. The predicted octanol–water partition coefficient (Wildman–Crippen LogP) is 3.60. The average molecular weight is 388 g/mol. The van der Waals surface area contributed by atoms with Crippen molar-refractivity contribution >= 4 is 28.8 Å². The summed E-state index contributed by atoms with van der Waals surface area (Å²) in [6.45, 7) is 4.64. The second-order valence-electron chi connectivity index (χ2n) is 7.31. The van der Waals surface area contributed by atoms with Gasteiger partial charge in [-0.1, -0.05) is 24.3 Å². The van der Waals surface area contributed by atoms with Crippen molar-refractivity contribution in [3.63, 3.8) is 0 Å². The number of anilines is 2. The number of Topliss-reactive ketones (excluding diaryl/α,β-unsaturated/α-hetero) is 1. The first-order valence-corrected chi connectivity index (χ1v) is 9.67. The number of rotatable bonds is 3. The van der Waals surface area contributed by atoms with Crippen molar-refractivity contribution in [1.82, 2.24) is 0 Å². The van der Waals surface area contributed by atoms with Gasteiger partial charge in [0.15, 0.2) is 5.78 Å². The summed E-state index contributed by atoms with van der Waals surface area (Å²) in [5.74, 6) is -0.329. The molecular weight excluding hydrogens is 368 g/mol. The van der Waals surface area contributed by atoms with Crippen molar-refractivity contribution in [3.05, 3.63) is 64.7 Å². The molecule has 0 bridgehead atoms. The molecule has 0 radical (unpaired) electrons. The lowest BCUT2D eigenvalue weighted by atomic mass is 10.0. The minimum Gasteiger partial charge on any atom is -0.378 e. The molecule has 2 aromatic rings. The Morgan fingerprint density at radius 2 is 1.90 bits per heavy atom. The molecule has 2 heterocycles. The monoisotopic (exact) mass is 388 g/mol. The largest absolute Gasteiger partial charge is 0.378 e. The van der Waals surface area contributed by atoms with E-state index in [2.05, 4.69) is 20.4 Å². The van der Waals surface area contributed by atoms with E-state index in [0.717, 1.165) is 43.1 Å². The van der Waals surface area contributed by atoms with Gasteiger partial charge in [-0.3, -0.25) is 9.59 Å². The smallest absolute Gasteiger partial charge is 0.221 e. The summed E-state index contributed by atoms with van der Waals surface area (Å²) in [5, 5.41) is 11.5. The van der Waals surface area contributed by atoms with E-state index in [4.69, 9.17) is 4.74 Å². The zero-order valence-corrected chi connectivity index (χ0v) is 16.0. The number of fused-ring (bicyclic) bond motifs is 3. The number of hydrogen-bond donors (Lipinski definition) is 1. The van der Waals surface area contributed by atoms with Crippen molar-refractivity contribution in [2.45, 2.75) is 13.0 Å². The molecule has 1 atom stereocenters. The topological polar surface area (TPSA) is 83.4 Å². The number of amides is 1. The van der Waals surface area contributed by atoms with Crippen LogP contribution in [0.5, 0.6) is 0 Å². The molecule has 7 heteroatoms. The molecule has 1 saturated heterocycles. The summed E-state index contributed by atoms with van der Waals surface area (Å²) in [5.41, 5.74) is 5.02. The van der Waals surface area contributed by atoms with Crippen molar-refractivity contribution in [2.24, 2.45) is 10.2 Å². The standard InChI is InChI=1S/C22H20N4O3/c1-13(27)23-17-4-2-3-16-18(17)22(28)19-20(24-25-21(16)19)14-5-7-15(8-6-14)26-9-11-29-12-10-26/h2-8,21H,9-12H2,1H3,(H,23,27). The van der Waals surface area contributed by atoms with Crippen LogP contribution in [0.25, 0.3) is 5.70 Å². The normalized spacial score (nSPS) is 20.1. The minimum absolute atomic E-state index is 0.119. The first-order chi connectivity index (χ1) is 14.1. The van der Waals surface area contributed by atoms with E-state index in [1.807, 2.05) is 36.4 Å². The number of benzene rings is 2. The van der Waals surface area contributed by atoms with E-state index in [0.29, 0.717) is 22.5 Å². The third-order valence-corrected chi connectivity index (χ3v) is 5.49. The summed E-state index contributed by atoms with van der Waals surface area (Å²) >= 11 is 0. The Balaban J connectivity index is 1.50. The van der Waals surface area contributed by atoms with Crippen LogP contribution < -0.4 is 10.2 Å². The highest BCUT2D eigenvalue weighted by molar-refractivity contribution is 6.22. The third-order valence-electron chi connectivity index (χ3n) is 5.49. The quantitative estimate of drug-likeness (QED) is 0.871. The molecule has 2 aliphatic heterocycles. The molecule has 2 aromatic carbocycles. The molecular formula is C22H20N4O3. The van der Waals surface area contributed by atoms with Crippen molar-refractivity contribution in [2.75, 3.05) is 36.5 Å². The molecule has 7 nitrogen and oxygen atoms in total. The van der Waals surface area contributed by atoms with Crippen LogP contribution >= 0.6 is 0 Å². The van der Waals surface area contributed by atoms with Gasteiger partial charge in [-0.2, -0.15) is 10.2 Å². The van der Waals surface area contributed by atoms with Crippen molar-refractivity contribution < 1.29 is 14.3 Å². The van der Waals surface area contributed by atoms with E-state index in [-0.39, 0.29) is 11.7 Å². The predicted molar refractivity (Wildman–Crippen MR) is 109 cm³/mol. The number of azo groups is 1. The first kappa shape index (κ1) is 17.8. The summed E-state index contributed by atoms with van der Waals surface area (Å²) in [6, 6.07) is 13.1. The highest BCUT2D eigenvalue weighted by atomic mass is 16.5. The number of morpholine rings is 1. The number of ketones is 1. The van der Waals surface area contributed by atoms with Crippen LogP contribution in [0.1, 0.15) is 34.5 Å². The molecule has 5 rings (SSSR count). The fourth-order valence-electron chi connectivity index (χ4n) is 4.15. The van der Waals surface area contributed by atoms with Gasteiger partial charge in [0.05, 0.1) is 30.0 Å². The minimum atomic E-state index is -0.403. The highest BCUT2D eigenvalue weighted by Gasteiger charge is 2.42. The summed E-state index contributed by atoms with van der Waals surface area (Å²) in [7, 11) is 0. The van der Waals surface area contributed by atoms with Crippen LogP contribution in [-0.2, 0) is 9.53 Å². The molecule has 146 valence electrons. The van der Waals surface area contributed by atoms with E-state index in [1.165, 1.54) is 6.92 Å². The zero-order valence-electron chi connectivity index (χ0n) is 16.0. The highest BCUT2D eigenvalue weighted by Crippen LogP contribution is 2.49. The van der Waals surface area contributed by atoms with Crippen molar-refractivity contribution in [3.8, 4) is 0 Å². The van der Waals surface area contributed by atoms with Gasteiger partial charge < -0.3 is 15.0 Å². The summed E-state index contributed by atoms with van der Waals surface area (Å²) in [4.78, 5) is 27.0. The summed E-state index contributed by atoms with van der Waals surface area (Å²) in [6.07, 6.45) is 0. The number of carbonyl (C=O) groups excluding carboxylic acids is 2. The molecule has 3 aliphatic rings. The maximum Gasteiger partial charge on any atom is 0.221 e. The van der Waals surface area contributed by atoms with E-state index < -0.39 is 6.04 Å². The van der Waals surface area contributed by atoms with Crippen molar-refractivity contribution in [1.29, 1.82) is 0 Å². The second-order valence-corrected chi connectivity index (χ2v) is 7.31. The van der Waals surface area contributed by atoms with Crippen LogP contribution in [0.2, 0.25) is 0 Å². The van der Waals surface area contributed by atoms with Gasteiger partial charge in [0.2, 0.25) is 5.91 Å². The molecule has 1 N–H and O–H groups in total. The van der Waals surface area contributed by atoms with Gasteiger partial charge in [-0.25, -0.2) is 0 Å². The molecule has 0 saturated carbocycles. The number of ether oxygens (including phenoxy) is 1. The maximum atomic E-state index is 13.2. The van der Waals surface area contributed by atoms with Gasteiger partial charge in [0.25, 0.3) is 0 Å². The molecule has 1 fully saturated rings. The molecule has 0 spiro atoms. The number of nitrogens with zero attached hydrogens (tertiary/aromatic N) is 3. The lowest BCUT2D eigenvalue weighted by Crippen LogP contribution is -2.36. The van der Waals surface area contributed by atoms with Gasteiger partial charge in [0.1, 0.15) is 11.7 Å². The van der Waals surface area contributed by atoms with E-state index in [9.17, 15) is 9.59 Å². The van der Waals surface area contributed by atoms with Gasteiger partial charge >= 0.3 is 0 Å². The van der Waals surface area contributed by atoms with Crippen LogP contribution in [0.15, 0.2) is 58.3 Å². The lowest BCUT2D eigenvalue weighted by Gasteiger charge is -2.28. The van der Waals surface area contributed by atoms with Crippen LogP contribution in [0.4, 0.5) is 11.4 Å². The molecule has 1 unspecified atom stereocenters. The second kappa shape index (κ2) is 6.93.